The normalized spacial score (nSPS) is 25.6. The molecule has 2 fully saturated rings. The summed E-state index contributed by atoms with van der Waals surface area (Å²) < 4.78 is 19.6. The smallest absolute Gasteiger partial charge is 0.126 e. The molecule has 1 aromatic rings. The summed E-state index contributed by atoms with van der Waals surface area (Å²) >= 11 is 0. The molecule has 1 N–H and O–H groups in total. The Bertz CT molecular complexity index is 498. The predicted octanol–water partition coefficient (Wildman–Crippen LogP) is 4.13. The molecule has 1 aliphatic carbocycles. The highest BCUT2D eigenvalue weighted by Gasteiger charge is 2.44. The van der Waals surface area contributed by atoms with Gasteiger partial charge in [-0.3, -0.25) is 0 Å². The summed E-state index contributed by atoms with van der Waals surface area (Å²) in [7, 11) is 0. The van der Waals surface area contributed by atoms with Gasteiger partial charge in [0.1, 0.15) is 5.82 Å². The minimum atomic E-state index is -0.114. The third-order valence-electron chi connectivity index (χ3n) is 5.23. The summed E-state index contributed by atoms with van der Waals surface area (Å²) in [5.74, 6) is 0.473. The maximum atomic E-state index is 13.5. The first-order valence-electron chi connectivity index (χ1n) is 8.27. The molecule has 0 radical (unpaired) electrons. The summed E-state index contributed by atoms with van der Waals surface area (Å²) in [5, 5.41) is 3.62. The van der Waals surface area contributed by atoms with Crippen LogP contribution < -0.4 is 5.32 Å². The van der Waals surface area contributed by atoms with Crippen molar-refractivity contribution in [3.05, 3.63) is 35.1 Å². The van der Waals surface area contributed by atoms with Gasteiger partial charge in [-0.1, -0.05) is 19.1 Å². The third-order valence-corrected chi connectivity index (χ3v) is 5.23. The maximum absolute atomic E-state index is 13.5. The van der Waals surface area contributed by atoms with Crippen LogP contribution in [0.15, 0.2) is 18.2 Å². The summed E-state index contributed by atoms with van der Waals surface area (Å²) in [5.41, 5.74) is 2.11. The second kappa shape index (κ2) is 6.05. The molecule has 116 valence electrons. The van der Waals surface area contributed by atoms with Crippen molar-refractivity contribution in [3.63, 3.8) is 0 Å². The average Bonchev–Trinajstić information content (AvgIpc) is 2.46. The van der Waals surface area contributed by atoms with Crippen LogP contribution in [0.3, 0.4) is 0 Å². The number of rotatable bonds is 4. The Labute approximate surface area is 127 Å². The fourth-order valence-electron chi connectivity index (χ4n) is 3.91. The number of aryl methyl sites for hydroxylation is 1. The minimum absolute atomic E-state index is 0.114. The molecule has 2 aliphatic rings. The van der Waals surface area contributed by atoms with E-state index in [1.54, 1.807) is 6.07 Å². The second-order valence-corrected chi connectivity index (χ2v) is 6.68. The monoisotopic (exact) mass is 291 g/mol. The highest BCUT2D eigenvalue weighted by atomic mass is 19.1. The highest BCUT2D eigenvalue weighted by molar-refractivity contribution is 5.27. The van der Waals surface area contributed by atoms with Crippen molar-refractivity contribution in [2.24, 2.45) is 5.92 Å². The number of nitrogens with one attached hydrogen (secondary N) is 1. The Hall–Kier alpha value is -0.930. The van der Waals surface area contributed by atoms with Crippen LogP contribution in [0, 0.1) is 18.7 Å². The fraction of sp³-hybridized carbons (Fsp3) is 0.667. The standard InChI is InChI=1S/C18H26FNO/c1-3-20-17(14-5-6-16(19)13(2)11-14)15-7-10-21-18(12-15)8-4-9-18/h5-6,11,15,17,20H,3-4,7-10,12H2,1-2H3. The van der Waals surface area contributed by atoms with E-state index >= 15 is 0 Å². The second-order valence-electron chi connectivity index (χ2n) is 6.68. The Morgan fingerprint density at radius 2 is 2.24 bits per heavy atom. The fourth-order valence-corrected chi connectivity index (χ4v) is 3.91. The van der Waals surface area contributed by atoms with E-state index in [1.165, 1.54) is 24.8 Å². The lowest BCUT2D eigenvalue weighted by Gasteiger charge is -2.49. The van der Waals surface area contributed by atoms with Crippen molar-refractivity contribution in [1.82, 2.24) is 5.32 Å². The number of halogens is 1. The van der Waals surface area contributed by atoms with Crippen molar-refractivity contribution < 1.29 is 9.13 Å². The van der Waals surface area contributed by atoms with Crippen molar-refractivity contribution >= 4 is 0 Å². The summed E-state index contributed by atoms with van der Waals surface area (Å²) in [6, 6.07) is 5.87. The molecule has 2 atom stereocenters. The number of ether oxygens (including phenoxy) is 1. The molecule has 0 amide bonds. The molecule has 1 spiro atoms. The van der Waals surface area contributed by atoms with Crippen molar-refractivity contribution in [1.29, 1.82) is 0 Å². The van der Waals surface area contributed by atoms with Crippen LogP contribution in [-0.4, -0.2) is 18.8 Å². The van der Waals surface area contributed by atoms with Gasteiger partial charge >= 0.3 is 0 Å². The van der Waals surface area contributed by atoms with E-state index in [4.69, 9.17) is 4.74 Å². The Morgan fingerprint density at radius 1 is 1.43 bits per heavy atom. The van der Waals surface area contributed by atoms with Crippen molar-refractivity contribution in [2.75, 3.05) is 13.2 Å². The predicted molar refractivity (Wildman–Crippen MR) is 82.8 cm³/mol. The van der Waals surface area contributed by atoms with Crippen LogP contribution in [0.1, 0.15) is 56.2 Å². The number of hydrogen-bond donors (Lipinski definition) is 1. The Kier molecular flexibility index (Phi) is 4.32. The quantitative estimate of drug-likeness (QED) is 0.900. The van der Waals surface area contributed by atoms with Crippen molar-refractivity contribution in [3.8, 4) is 0 Å². The first-order chi connectivity index (χ1) is 10.1. The average molecular weight is 291 g/mol. The molecule has 1 saturated carbocycles. The van der Waals surface area contributed by atoms with Crippen LogP contribution in [0.5, 0.6) is 0 Å². The van der Waals surface area contributed by atoms with Gasteiger partial charge in [0.2, 0.25) is 0 Å². The van der Waals surface area contributed by atoms with E-state index in [-0.39, 0.29) is 11.4 Å². The molecule has 0 aromatic heterocycles. The number of hydrogen-bond acceptors (Lipinski definition) is 2. The third kappa shape index (κ3) is 3.00. The van der Waals surface area contributed by atoms with Gasteiger partial charge in [-0.2, -0.15) is 0 Å². The van der Waals surface area contributed by atoms with E-state index in [2.05, 4.69) is 12.2 Å². The number of benzene rings is 1. The largest absolute Gasteiger partial charge is 0.375 e. The van der Waals surface area contributed by atoms with Crippen molar-refractivity contribution in [2.45, 2.75) is 57.6 Å². The minimum Gasteiger partial charge on any atom is -0.375 e. The first kappa shape index (κ1) is 15.0. The molecule has 3 heteroatoms. The van der Waals surface area contributed by atoms with Crippen LogP contribution in [0.4, 0.5) is 4.39 Å². The lowest BCUT2D eigenvalue weighted by atomic mass is 9.69. The molecule has 3 rings (SSSR count). The summed E-state index contributed by atoms with van der Waals surface area (Å²) in [6.45, 7) is 5.79. The van der Waals surface area contributed by atoms with Gasteiger partial charge in [-0.05, 0) is 68.7 Å². The van der Waals surface area contributed by atoms with Gasteiger partial charge in [0.15, 0.2) is 0 Å². The molecule has 21 heavy (non-hydrogen) atoms. The zero-order valence-corrected chi connectivity index (χ0v) is 13.1. The SMILES string of the molecule is CCNC(c1ccc(F)c(C)c1)C1CCOC2(CCC2)C1. The van der Waals surface area contributed by atoms with Gasteiger partial charge in [-0.15, -0.1) is 0 Å². The van der Waals surface area contributed by atoms with E-state index in [0.29, 0.717) is 12.0 Å². The van der Waals surface area contributed by atoms with Crippen LogP contribution in [-0.2, 0) is 4.74 Å². The van der Waals surface area contributed by atoms with Crippen LogP contribution >= 0.6 is 0 Å². The first-order valence-corrected chi connectivity index (χ1v) is 8.27. The van der Waals surface area contributed by atoms with Gasteiger partial charge in [-0.25, -0.2) is 4.39 Å². The zero-order chi connectivity index (χ0) is 14.9. The van der Waals surface area contributed by atoms with Gasteiger partial charge in [0.25, 0.3) is 0 Å². The molecule has 2 unspecified atom stereocenters. The van der Waals surface area contributed by atoms with E-state index in [0.717, 1.165) is 31.6 Å². The molecular formula is C18H26FNO. The summed E-state index contributed by atoms with van der Waals surface area (Å²) in [6.07, 6.45) is 5.96. The lowest BCUT2D eigenvalue weighted by molar-refractivity contribution is -0.147. The molecule has 1 heterocycles. The molecule has 1 aromatic carbocycles. The molecule has 1 aliphatic heterocycles. The molecule has 2 nitrogen and oxygen atoms in total. The van der Waals surface area contributed by atoms with Crippen LogP contribution in [0.2, 0.25) is 0 Å². The topological polar surface area (TPSA) is 21.3 Å². The molecule has 0 bridgehead atoms. The zero-order valence-electron chi connectivity index (χ0n) is 13.1. The maximum Gasteiger partial charge on any atom is 0.126 e. The molecular weight excluding hydrogens is 265 g/mol. The van der Waals surface area contributed by atoms with Gasteiger partial charge < -0.3 is 10.1 Å². The summed E-state index contributed by atoms with van der Waals surface area (Å²) in [4.78, 5) is 0. The Morgan fingerprint density at radius 3 is 2.86 bits per heavy atom. The van der Waals surface area contributed by atoms with Crippen LogP contribution in [0.25, 0.3) is 0 Å². The van der Waals surface area contributed by atoms with Gasteiger partial charge in [0, 0.05) is 12.6 Å². The Balaban J connectivity index is 1.81. The van der Waals surface area contributed by atoms with Gasteiger partial charge in [0.05, 0.1) is 5.60 Å². The highest BCUT2D eigenvalue weighted by Crippen LogP contribution is 2.47. The van der Waals surface area contributed by atoms with E-state index in [1.807, 2.05) is 19.1 Å². The lowest BCUT2D eigenvalue weighted by Crippen LogP contribution is -2.48. The molecule has 1 saturated heterocycles. The van der Waals surface area contributed by atoms with E-state index in [9.17, 15) is 4.39 Å². The van der Waals surface area contributed by atoms with E-state index < -0.39 is 0 Å².